The van der Waals surface area contributed by atoms with Gasteiger partial charge >= 0.3 is 10.1 Å². The Morgan fingerprint density at radius 2 is 1.56 bits per heavy atom. The van der Waals surface area contributed by atoms with E-state index < -0.39 is 16.0 Å². The summed E-state index contributed by atoms with van der Waals surface area (Å²) in [5.41, 5.74) is 4.27. The van der Waals surface area contributed by atoms with E-state index in [0.29, 0.717) is 31.6 Å². The molecule has 0 bridgehead atoms. The number of methoxy groups -OCH3 is 2. The average Bonchev–Trinajstić information content (AvgIpc) is 2.81. The summed E-state index contributed by atoms with van der Waals surface area (Å²) >= 11 is 6.66. The summed E-state index contributed by atoms with van der Waals surface area (Å²) in [4.78, 5) is 12.4. The lowest BCUT2D eigenvalue weighted by Crippen LogP contribution is -2.17. The third-order valence-corrected chi connectivity index (χ3v) is 6.96. The van der Waals surface area contributed by atoms with E-state index in [2.05, 4.69) is 42.4 Å². The van der Waals surface area contributed by atoms with E-state index in [0.717, 1.165) is 5.56 Å². The Hall–Kier alpha value is -2.89. The molecule has 178 valence electrons. The van der Waals surface area contributed by atoms with Crippen molar-refractivity contribution >= 4 is 54.1 Å². The van der Waals surface area contributed by atoms with Gasteiger partial charge in [-0.3, -0.25) is 4.79 Å². The van der Waals surface area contributed by atoms with Crippen LogP contribution >= 0.6 is 31.9 Å². The van der Waals surface area contributed by atoms with Gasteiger partial charge in [-0.1, -0.05) is 17.7 Å². The summed E-state index contributed by atoms with van der Waals surface area (Å²) < 4.78 is 41.7. The number of carbonyl (C=O) groups is 1. The minimum Gasteiger partial charge on any atom is -0.493 e. The highest BCUT2D eigenvalue weighted by Gasteiger charge is 2.20. The molecule has 34 heavy (non-hydrogen) atoms. The number of rotatable bonds is 8. The number of hydrazone groups is 1. The molecule has 8 nitrogen and oxygen atoms in total. The molecule has 0 aliphatic carbocycles. The van der Waals surface area contributed by atoms with Crippen molar-refractivity contribution in [3.63, 3.8) is 0 Å². The number of hydrogen-bond acceptors (Lipinski definition) is 7. The van der Waals surface area contributed by atoms with Crippen LogP contribution in [0.3, 0.4) is 0 Å². The summed E-state index contributed by atoms with van der Waals surface area (Å²) in [5.74, 6) is 0.568. The Morgan fingerprint density at radius 3 is 2.15 bits per heavy atom. The molecule has 3 rings (SSSR count). The molecule has 11 heteroatoms. The van der Waals surface area contributed by atoms with Crippen LogP contribution in [0.15, 0.2) is 73.5 Å². The van der Waals surface area contributed by atoms with E-state index in [9.17, 15) is 13.2 Å². The van der Waals surface area contributed by atoms with Crippen LogP contribution in [0.1, 0.15) is 21.5 Å². The summed E-state index contributed by atoms with van der Waals surface area (Å²) in [6.07, 6.45) is 1.41. The number of nitrogens with zero attached hydrogens (tertiary/aromatic N) is 1. The third-order valence-electron chi connectivity index (χ3n) is 4.55. The van der Waals surface area contributed by atoms with Gasteiger partial charge in [0, 0.05) is 5.56 Å². The lowest BCUT2D eigenvalue weighted by atomic mass is 10.2. The molecule has 0 heterocycles. The van der Waals surface area contributed by atoms with Crippen molar-refractivity contribution in [1.29, 1.82) is 0 Å². The van der Waals surface area contributed by atoms with Gasteiger partial charge in [0.1, 0.15) is 4.90 Å². The van der Waals surface area contributed by atoms with Crippen LogP contribution in [0, 0.1) is 6.92 Å². The molecule has 1 N–H and O–H groups in total. The normalized spacial score (nSPS) is 11.3. The number of nitrogens with one attached hydrogen (secondary N) is 1. The second kappa shape index (κ2) is 11.0. The number of amides is 1. The topological polar surface area (TPSA) is 103 Å². The maximum Gasteiger partial charge on any atom is 0.339 e. The highest BCUT2D eigenvalue weighted by atomic mass is 79.9. The van der Waals surface area contributed by atoms with Crippen LogP contribution in [0.2, 0.25) is 0 Å². The van der Waals surface area contributed by atoms with Crippen molar-refractivity contribution in [2.24, 2.45) is 5.10 Å². The Balaban J connectivity index is 1.73. The first kappa shape index (κ1) is 25.7. The Bertz CT molecular complexity index is 1320. The van der Waals surface area contributed by atoms with Crippen molar-refractivity contribution in [3.8, 4) is 17.2 Å². The molecular weight excluding hydrogens is 592 g/mol. The average molecular weight is 612 g/mol. The molecule has 0 spiro atoms. The van der Waals surface area contributed by atoms with Crippen molar-refractivity contribution < 1.29 is 26.9 Å². The lowest BCUT2D eigenvalue weighted by Gasteiger charge is -2.11. The van der Waals surface area contributed by atoms with Crippen molar-refractivity contribution in [2.75, 3.05) is 14.2 Å². The molecule has 0 fully saturated rings. The van der Waals surface area contributed by atoms with Crippen LogP contribution in [0.4, 0.5) is 0 Å². The van der Waals surface area contributed by atoms with Gasteiger partial charge in [0.05, 0.1) is 29.4 Å². The minimum absolute atomic E-state index is 0.0420. The van der Waals surface area contributed by atoms with Gasteiger partial charge in [-0.15, -0.1) is 0 Å². The molecule has 0 atom stereocenters. The van der Waals surface area contributed by atoms with Crippen LogP contribution < -0.4 is 19.1 Å². The van der Waals surface area contributed by atoms with Gasteiger partial charge in [0.15, 0.2) is 17.2 Å². The second-order valence-corrected chi connectivity index (χ2v) is 10.2. The number of hydrogen-bond donors (Lipinski definition) is 1. The Labute approximate surface area is 214 Å². The second-order valence-electron chi connectivity index (χ2n) is 6.93. The van der Waals surface area contributed by atoms with Crippen LogP contribution in [-0.4, -0.2) is 34.8 Å². The largest absolute Gasteiger partial charge is 0.493 e. The highest BCUT2D eigenvalue weighted by molar-refractivity contribution is 9.11. The van der Waals surface area contributed by atoms with Crippen molar-refractivity contribution in [2.45, 2.75) is 11.8 Å². The fourth-order valence-corrected chi connectivity index (χ4v) is 5.37. The molecule has 0 aliphatic heterocycles. The maximum absolute atomic E-state index is 12.6. The van der Waals surface area contributed by atoms with Gasteiger partial charge in [-0.25, -0.2) is 5.43 Å². The van der Waals surface area contributed by atoms with E-state index in [1.54, 1.807) is 36.4 Å². The monoisotopic (exact) mass is 610 g/mol. The Morgan fingerprint density at radius 1 is 0.941 bits per heavy atom. The SMILES string of the molecule is COc1ccc(C(=O)N/N=C/c2cc(Br)c(OS(=O)(=O)c3ccc(C)cc3)c(Br)c2)cc1OC. The Kier molecular flexibility index (Phi) is 8.34. The molecule has 3 aromatic carbocycles. The third kappa shape index (κ3) is 6.16. The van der Waals surface area contributed by atoms with Crippen LogP contribution in [0.25, 0.3) is 0 Å². The predicted octanol–water partition coefficient (Wildman–Crippen LogP) is 5.07. The van der Waals surface area contributed by atoms with Crippen LogP contribution in [0.5, 0.6) is 17.2 Å². The van der Waals surface area contributed by atoms with Gasteiger partial charge in [-0.2, -0.15) is 13.5 Å². The molecule has 0 saturated heterocycles. The standard InChI is InChI=1S/C23H20Br2N2O6S/c1-14-4-7-17(8-5-14)34(29,30)33-22-18(24)10-15(11-19(22)25)13-26-27-23(28)16-6-9-20(31-2)21(12-16)32-3/h4-13H,1-3H3,(H,27,28)/b26-13+. The molecule has 3 aromatic rings. The number of aryl methyl sites for hydroxylation is 1. The van der Waals surface area contributed by atoms with E-state index in [1.807, 2.05) is 6.92 Å². The molecule has 0 aromatic heterocycles. The predicted molar refractivity (Wildman–Crippen MR) is 135 cm³/mol. The molecular formula is C23H20Br2N2O6S. The van der Waals surface area contributed by atoms with Gasteiger partial charge in [0.25, 0.3) is 5.91 Å². The van der Waals surface area contributed by atoms with E-state index in [-0.39, 0.29) is 10.6 Å². The van der Waals surface area contributed by atoms with E-state index in [1.165, 1.54) is 38.6 Å². The number of benzene rings is 3. The van der Waals surface area contributed by atoms with Gasteiger partial charge in [0.2, 0.25) is 0 Å². The fraction of sp³-hybridized carbons (Fsp3) is 0.130. The zero-order valence-electron chi connectivity index (χ0n) is 18.3. The number of halogens is 2. The summed E-state index contributed by atoms with van der Waals surface area (Å²) in [5, 5.41) is 3.96. The fourth-order valence-electron chi connectivity index (χ4n) is 2.80. The molecule has 0 saturated carbocycles. The first-order valence-corrected chi connectivity index (χ1v) is 12.7. The first-order valence-electron chi connectivity index (χ1n) is 9.70. The quantitative estimate of drug-likeness (QED) is 0.217. The van der Waals surface area contributed by atoms with Crippen LogP contribution in [-0.2, 0) is 10.1 Å². The maximum atomic E-state index is 12.6. The van der Waals surface area contributed by atoms with Gasteiger partial charge in [-0.05, 0) is 86.8 Å². The molecule has 1 amide bonds. The van der Waals surface area contributed by atoms with Crippen molar-refractivity contribution in [3.05, 3.63) is 80.2 Å². The highest BCUT2D eigenvalue weighted by Crippen LogP contribution is 2.36. The summed E-state index contributed by atoms with van der Waals surface area (Å²) in [6, 6.07) is 14.3. The van der Waals surface area contributed by atoms with Crippen molar-refractivity contribution in [1.82, 2.24) is 5.43 Å². The minimum atomic E-state index is -4.03. The number of ether oxygens (including phenoxy) is 2. The lowest BCUT2D eigenvalue weighted by molar-refractivity contribution is 0.0954. The number of carbonyl (C=O) groups excluding carboxylic acids is 1. The van der Waals surface area contributed by atoms with E-state index in [4.69, 9.17) is 13.7 Å². The smallest absolute Gasteiger partial charge is 0.339 e. The molecule has 0 unspecified atom stereocenters. The summed E-state index contributed by atoms with van der Waals surface area (Å²) in [7, 11) is -1.04. The van der Waals surface area contributed by atoms with E-state index >= 15 is 0 Å². The zero-order chi connectivity index (χ0) is 24.9. The molecule has 0 radical (unpaired) electrons. The first-order chi connectivity index (χ1) is 16.1. The summed E-state index contributed by atoms with van der Waals surface area (Å²) in [6.45, 7) is 1.86. The molecule has 0 aliphatic rings. The zero-order valence-corrected chi connectivity index (χ0v) is 22.3. The van der Waals surface area contributed by atoms with Gasteiger partial charge < -0.3 is 13.7 Å².